The predicted octanol–water partition coefficient (Wildman–Crippen LogP) is 5.38. The highest BCUT2D eigenvalue weighted by molar-refractivity contribution is 6.09. The van der Waals surface area contributed by atoms with Crippen LogP contribution < -0.4 is 0 Å². The molecule has 136 valence electrons. The number of aryl methyl sites for hydroxylation is 1. The Labute approximate surface area is 163 Å². The molecule has 0 aliphatic carbocycles. The van der Waals surface area contributed by atoms with Crippen LogP contribution in [0.25, 0.3) is 33.2 Å². The summed E-state index contributed by atoms with van der Waals surface area (Å²) < 4.78 is 2.13. The second-order valence-electron chi connectivity index (χ2n) is 7.30. The average molecular weight is 364 g/mol. The van der Waals surface area contributed by atoms with Crippen molar-refractivity contribution in [2.45, 2.75) is 32.2 Å². The number of benzene rings is 3. The van der Waals surface area contributed by atoms with E-state index in [1.807, 2.05) is 30.3 Å². The lowest BCUT2D eigenvalue weighted by molar-refractivity contribution is 0.627. The van der Waals surface area contributed by atoms with Crippen LogP contribution in [0.5, 0.6) is 0 Å². The van der Waals surface area contributed by atoms with Gasteiger partial charge in [0.1, 0.15) is 11.9 Å². The van der Waals surface area contributed by atoms with Crippen LogP contribution in [0.1, 0.15) is 36.5 Å². The Bertz CT molecular complexity index is 1200. The van der Waals surface area contributed by atoms with Gasteiger partial charge in [-0.3, -0.25) is 0 Å². The number of allylic oxidation sites excluding steroid dienone is 1. The highest BCUT2D eigenvalue weighted by atomic mass is 15.3. The van der Waals surface area contributed by atoms with Gasteiger partial charge in [0.15, 0.2) is 5.82 Å². The van der Waals surface area contributed by atoms with Gasteiger partial charge in [0, 0.05) is 13.0 Å². The quantitative estimate of drug-likeness (QED) is 0.355. The molecule has 1 aliphatic rings. The zero-order valence-corrected chi connectivity index (χ0v) is 15.6. The van der Waals surface area contributed by atoms with E-state index in [9.17, 15) is 5.26 Å². The van der Waals surface area contributed by atoms with Crippen LogP contribution in [0.15, 0.2) is 54.6 Å². The Morgan fingerprint density at radius 2 is 1.64 bits per heavy atom. The van der Waals surface area contributed by atoms with Crippen molar-refractivity contribution in [2.75, 3.05) is 0 Å². The molecular weight excluding hydrogens is 344 g/mol. The molecule has 5 rings (SSSR count). The van der Waals surface area contributed by atoms with E-state index in [0.29, 0.717) is 11.4 Å². The molecule has 0 saturated heterocycles. The Kier molecular flexibility index (Phi) is 4.14. The Hall–Kier alpha value is -3.45. The monoisotopic (exact) mass is 364 g/mol. The number of nitrogens with zero attached hydrogens (tertiary/aromatic N) is 4. The number of hydrogen-bond acceptors (Lipinski definition) is 3. The summed E-state index contributed by atoms with van der Waals surface area (Å²) in [5.74, 6) is 1.69. The zero-order valence-electron chi connectivity index (χ0n) is 15.6. The van der Waals surface area contributed by atoms with Crippen molar-refractivity contribution < 1.29 is 0 Å². The third kappa shape index (κ3) is 2.76. The molecule has 0 unspecified atom stereocenters. The summed E-state index contributed by atoms with van der Waals surface area (Å²) in [5, 5.41) is 23.4. The molecule has 0 saturated carbocycles. The van der Waals surface area contributed by atoms with Gasteiger partial charge in [0.05, 0.1) is 5.57 Å². The first kappa shape index (κ1) is 16.7. The van der Waals surface area contributed by atoms with E-state index in [4.69, 9.17) is 0 Å². The summed E-state index contributed by atoms with van der Waals surface area (Å²) >= 11 is 0. The van der Waals surface area contributed by atoms with Gasteiger partial charge in [-0.25, -0.2) is 0 Å². The van der Waals surface area contributed by atoms with Gasteiger partial charge in [0.25, 0.3) is 0 Å². The lowest BCUT2D eigenvalue weighted by Gasteiger charge is -2.10. The van der Waals surface area contributed by atoms with Crippen molar-refractivity contribution in [3.63, 3.8) is 0 Å². The molecule has 0 amide bonds. The smallest absolute Gasteiger partial charge is 0.174 e. The molecule has 4 nitrogen and oxygen atoms in total. The first-order valence-electron chi connectivity index (χ1n) is 9.80. The first-order valence-corrected chi connectivity index (χ1v) is 9.80. The van der Waals surface area contributed by atoms with E-state index in [-0.39, 0.29) is 0 Å². The van der Waals surface area contributed by atoms with Gasteiger partial charge in [-0.15, -0.1) is 10.2 Å². The minimum absolute atomic E-state index is 0.571. The van der Waals surface area contributed by atoms with Crippen molar-refractivity contribution in [1.29, 1.82) is 5.26 Å². The summed E-state index contributed by atoms with van der Waals surface area (Å²) in [6.07, 6.45) is 6.36. The fraction of sp³-hybridized carbons (Fsp3) is 0.208. The van der Waals surface area contributed by atoms with Crippen LogP contribution >= 0.6 is 0 Å². The Morgan fingerprint density at radius 1 is 0.929 bits per heavy atom. The van der Waals surface area contributed by atoms with Crippen molar-refractivity contribution in [3.05, 3.63) is 71.8 Å². The summed E-state index contributed by atoms with van der Waals surface area (Å²) in [4.78, 5) is 0. The summed E-state index contributed by atoms with van der Waals surface area (Å²) in [5.41, 5.74) is 1.64. The number of hydrogen-bond donors (Lipinski definition) is 0. The maximum atomic E-state index is 9.98. The molecule has 0 fully saturated rings. The average Bonchev–Trinajstić information content (AvgIpc) is 2.99. The van der Waals surface area contributed by atoms with Crippen LogP contribution in [-0.2, 0) is 13.0 Å². The molecular formula is C24H20N4. The van der Waals surface area contributed by atoms with Crippen molar-refractivity contribution in [1.82, 2.24) is 14.8 Å². The fourth-order valence-electron chi connectivity index (χ4n) is 4.18. The molecule has 4 aromatic rings. The molecule has 2 heterocycles. The van der Waals surface area contributed by atoms with E-state index in [2.05, 4.69) is 51.2 Å². The second kappa shape index (κ2) is 6.94. The van der Waals surface area contributed by atoms with Crippen molar-refractivity contribution >= 4 is 33.2 Å². The fourth-order valence-corrected chi connectivity index (χ4v) is 4.18. The summed E-state index contributed by atoms with van der Waals surface area (Å²) in [7, 11) is 0. The van der Waals surface area contributed by atoms with Gasteiger partial charge in [-0.1, -0.05) is 55.0 Å². The number of rotatable bonds is 2. The lowest BCUT2D eigenvalue weighted by Crippen LogP contribution is -2.05. The molecule has 0 bridgehead atoms. The normalized spacial score (nSPS) is 14.6. The maximum Gasteiger partial charge on any atom is 0.174 e. The van der Waals surface area contributed by atoms with Crippen LogP contribution in [0.2, 0.25) is 0 Å². The van der Waals surface area contributed by atoms with Gasteiger partial charge in [0.2, 0.25) is 0 Å². The van der Waals surface area contributed by atoms with E-state index >= 15 is 0 Å². The molecule has 3 aromatic carbocycles. The van der Waals surface area contributed by atoms with E-state index < -0.39 is 0 Å². The summed E-state index contributed by atoms with van der Waals surface area (Å²) in [6.45, 7) is 0.882. The molecule has 0 N–H and O–H groups in total. The van der Waals surface area contributed by atoms with Crippen LogP contribution in [-0.4, -0.2) is 14.8 Å². The van der Waals surface area contributed by atoms with E-state index in [0.717, 1.165) is 48.0 Å². The zero-order chi connectivity index (χ0) is 18.9. The SMILES string of the molecule is N#C/C(=C\c1c2ccccc2cc2ccccc12)c1nnc2n1CCCCC2. The van der Waals surface area contributed by atoms with Crippen molar-refractivity contribution in [2.24, 2.45) is 0 Å². The third-order valence-corrected chi connectivity index (χ3v) is 5.57. The minimum atomic E-state index is 0.571. The number of nitriles is 1. The Morgan fingerprint density at radius 3 is 2.36 bits per heavy atom. The van der Waals surface area contributed by atoms with Crippen LogP contribution in [0, 0.1) is 11.3 Å². The molecule has 0 atom stereocenters. The minimum Gasteiger partial charge on any atom is -0.310 e. The molecule has 1 aromatic heterocycles. The largest absolute Gasteiger partial charge is 0.310 e. The standard InChI is InChI=1S/C24H20N4/c25-16-19(24-27-26-23-12-2-1-7-13-28(23)24)15-22-20-10-5-3-8-17(20)14-18-9-4-6-11-21(18)22/h3-6,8-11,14-15H,1-2,7,12-13H2/b19-15+. The topological polar surface area (TPSA) is 54.5 Å². The highest BCUT2D eigenvalue weighted by Crippen LogP contribution is 2.32. The number of aromatic nitrogens is 3. The molecule has 0 spiro atoms. The van der Waals surface area contributed by atoms with E-state index in [1.165, 1.54) is 17.2 Å². The molecule has 28 heavy (non-hydrogen) atoms. The number of fused-ring (bicyclic) bond motifs is 3. The lowest BCUT2D eigenvalue weighted by atomic mass is 9.95. The van der Waals surface area contributed by atoms with Crippen LogP contribution in [0.4, 0.5) is 0 Å². The molecule has 1 aliphatic heterocycles. The van der Waals surface area contributed by atoms with Crippen LogP contribution in [0.3, 0.4) is 0 Å². The highest BCUT2D eigenvalue weighted by Gasteiger charge is 2.18. The Balaban J connectivity index is 1.76. The van der Waals surface area contributed by atoms with Gasteiger partial charge in [-0.2, -0.15) is 5.26 Å². The van der Waals surface area contributed by atoms with Gasteiger partial charge in [-0.05, 0) is 52.1 Å². The summed E-state index contributed by atoms with van der Waals surface area (Å²) in [6, 6.07) is 21.3. The van der Waals surface area contributed by atoms with E-state index in [1.54, 1.807) is 0 Å². The predicted molar refractivity (Wildman–Crippen MR) is 113 cm³/mol. The second-order valence-corrected chi connectivity index (χ2v) is 7.30. The van der Waals surface area contributed by atoms with Crippen molar-refractivity contribution in [3.8, 4) is 6.07 Å². The van der Waals surface area contributed by atoms with Gasteiger partial charge < -0.3 is 4.57 Å². The third-order valence-electron chi connectivity index (χ3n) is 5.57. The van der Waals surface area contributed by atoms with Gasteiger partial charge >= 0.3 is 0 Å². The molecule has 4 heteroatoms. The molecule has 0 radical (unpaired) electrons. The first-order chi connectivity index (χ1) is 13.8. The maximum absolute atomic E-state index is 9.98.